The fraction of sp³-hybridized carbons (Fsp3) is 0.200. The van der Waals surface area contributed by atoms with Crippen molar-refractivity contribution in [2.24, 2.45) is 5.73 Å². The van der Waals surface area contributed by atoms with Gasteiger partial charge in [0.2, 0.25) is 0 Å². The van der Waals surface area contributed by atoms with Crippen molar-refractivity contribution in [3.8, 4) is 0 Å². The van der Waals surface area contributed by atoms with Gasteiger partial charge in [0.05, 0.1) is 15.6 Å². The van der Waals surface area contributed by atoms with Crippen LogP contribution in [0, 0.1) is 0 Å². The van der Waals surface area contributed by atoms with Gasteiger partial charge in [-0.3, -0.25) is 4.72 Å². The number of aryl methyl sites for hydroxylation is 1. The van der Waals surface area contributed by atoms with Crippen LogP contribution in [0.25, 0.3) is 0 Å². The van der Waals surface area contributed by atoms with Crippen LogP contribution in [-0.4, -0.2) is 8.42 Å². The van der Waals surface area contributed by atoms with Crippen molar-refractivity contribution in [1.82, 2.24) is 0 Å². The van der Waals surface area contributed by atoms with E-state index in [1.165, 1.54) is 0 Å². The van der Waals surface area contributed by atoms with Crippen molar-refractivity contribution >= 4 is 27.3 Å². The highest BCUT2D eigenvalue weighted by molar-refractivity contribution is 7.92. The van der Waals surface area contributed by atoms with E-state index in [1.54, 1.807) is 36.4 Å². The van der Waals surface area contributed by atoms with Crippen LogP contribution in [0.1, 0.15) is 18.1 Å². The summed E-state index contributed by atoms with van der Waals surface area (Å²) >= 11 is 6.00. The van der Waals surface area contributed by atoms with Crippen LogP contribution in [0.2, 0.25) is 5.02 Å². The zero-order valence-corrected chi connectivity index (χ0v) is 13.2. The number of nitrogens with one attached hydrogen (secondary N) is 1. The summed E-state index contributed by atoms with van der Waals surface area (Å²) in [6.07, 6.45) is 0.615. The molecule has 2 aromatic rings. The lowest BCUT2D eigenvalue weighted by Gasteiger charge is -2.13. The van der Waals surface area contributed by atoms with Crippen molar-refractivity contribution in [1.29, 1.82) is 0 Å². The molecule has 0 atom stereocenters. The topological polar surface area (TPSA) is 72.2 Å². The summed E-state index contributed by atoms with van der Waals surface area (Å²) < 4.78 is 27.7. The lowest BCUT2D eigenvalue weighted by molar-refractivity contribution is 0.600. The molecule has 0 fully saturated rings. The average molecular weight is 325 g/mol. The molecule has 2 aromatic carbocycles. The zero-order valence-electron chi connectivity index (χ0n) is 11.6. The Kier molecular flexibility index (Phi) is 4.88. The Morgan fingerprint density at radius 2 is 1.90 bits per heavy atom. The van der Waals surface area contributed by atoms with Gasteiger partial charge >= 0.3 is 0 Å². The molecular weight excluding hydrogens is 308 g/mol. The van der Waals surface area contributed by atoms with Gasteiger partial charge in [0.25, 0.3) is 10.0 Å². The van der Waals surface area contributed by atoms with Gasteiger partial charge in [-0.05, 0) is 35.7 Å². The summed E-state index contributed by atoms with van der Waals surface area (Å²) in [5.74, 6) is 0. The van der Waals surface area contributed by atoms with Gasteiger partial charge < -0.3 is 5.73 Å². The maximum Gasteiger partial charge on any atom is 0.262 e. The SMILES string of the molecule is CCc1ccc(CN)cc1S(=O)(=O)Nc1ccccc1Cl. The third kappa shape index (κ3) is 3.56. The highest BCUT2D eigenvalue weighted by atomic mass is 35.5. The van der Waals surface area contributed by atoms with Crippen molar-refractivity contribution in [2.75, 3.05) is 4.72 Å². The van der Waals surface area contributed by atoms with E-state index in [9.17, 15) is 8.42 Å². The number of halogens is 1. The molecule has 0 aliphatic rings. The summed E-state index contributed by atoms with van der Waals surface area (Å²) in [5, 5.41) is 0.356. The summed E-state index contributed by atoms with van der Waals surface area (Å²) in [4.78, 5) is 0.243. The average Bonchev–Trinajstić information content (AvgIpc) is 2.48. The van der Waals surface area contributed by atoms with E-state index in [0.717, 1.165) is 11.1 Å². The molecule has 0 aromatic heterocycles. The molecular formula is C15H17ClN2O2S. The van der Waals surface area contributed by atoms with Crippen molar-refractivity contribution in [2.45, 2.75) is 24.8 Å². The van der Waals surface area contributed by atoms with E-state index < -0.39 is 10.0 Å². The molecule has 0 heterocycles. The largest absolute Gasteiger partial charge is 0.326 e. The standard InChI is InChI=1S/C15H17ClN2O2S/c1-2-12-8-7-11(10-17)9-15(12)21(19,20)18-14-6-4-3-5-13(14)16/h3-9,18H,2,10,17H2,1H3. The van der Waals surface area contributed by atoms with Crippen LogP contribution in [0.15, 0.2) is 47.4 Å². The van der Waals surface area contributed by atoms with Crippen molar-refractivity contribution in [3.63, 3.8) is 0 Å². The third-order valence-electron chi connectivity index (χ3n) is 3.16. The molecule has 112 valence electrons. The van der Waals surface area contributed by atoms with Crippen molar-refractivity contribution < 1.29 is 8.42 Å². The first-order chi connectivity index (χ1) is 9.97. The minimum atomic E-state index is -3.70. The van der Waals surface area contributed by atoms with Crippen LogP contribution in [0.5, 0.6) is 0 Å². The first-order valence-electron chi connectivity index (χ1n) is 6.57. The van der Waals surface area contributed by atoms with Crippen LogP contribution in [0.4, 0.5) is 5.69 Å². The molecule has 6 heteroatoms. The maximum absolute atomic E-state index is 12.6. The normalized spacial score (nSPS) is 11.4. The summed E-state index contributed by atoms with van der Waals surface area (Å²) in [7, 11) is -3.70. The summed E-state index contributed by atoms with van der Waals surface area (Å²) in [6.45, 7) is 2.20. The number of hydrogen-bond donors (Lipinski definition) is 2. The zero-order chi connectivity index (χ0) is 15.5. The van der Waals surface area contributed by atoms with E-state index >= 15 is 0 Å². The molecule has 0 radical (unpaired) electrons. The predicted octanol–water partition coefficient (Wildman–Crippen LogP) is 3.16. The second-order valence-corrected chi connectivity index (χ2v) is 6.64. The molecule has 0 saturated carbocycles. The van der Waals surface area contributed by atoms with Gasteiger partial charge in [0, 0.05) is 6.54 Å². The number of benzene rings is 2. The van der Waals surface area contributed by atoms with Crippen LogP contribution in [0.3, 0.4) is 0 Å². The van der Waals surface area contributed by atoms with E-state index in [1.807, 2.05) is 13.0 Å². The number of anilines is 1. The Morgan fingerprint density at radius 3 is 2.52 bits per heavy atom. The van der Waals surface area contributed by atoms with E-state index in [2.05, 4.69) is 4.72 Å². The lowest BCUT2D eigenvalue weighted by atomic mass is 10.1. The Bertz CT molecular complexity index is 745. The minimum Gasteiger partial charge on any atom is -0.326 e. The van der Waals surface area contributed by atoms with Crippen molar-refractivity contribution in [3.05, 3.63) is 58.6 Å². The summed E-state index contributed by atoms with van der Waals surface area (Å²) in [6, 6.07) is 12.0. The van der Waals surface area contributed by atoms with E-state index in [-0.39, 0.29) is 4.90 Å². The number of hydrogen-bond acceptors (Lipinski definition) is 3. The molecule has 0 saturated heterocycles. The Hall–Kier alpha value is -1.56. The molecule has 0 aliphatic heterocycles. The molecule has 21 heavy (non-hydrogen) atoms. The molecule has 0 unspecified atom stereocenters. The molecule has 0 spiro atoms. The van der Waals surface area contributed by atoms with E-state index in [4.69, 9.17) is 17.3 Å². The first-order valence-corrected chi connectivity index (χ1v) is 8.43. The van der Waals surface area contributed by atoms with Gasteiger partial charge in [-0.25, -0.2) is 8.42 Å². The van der Waals surface area contributed by atoms with Gasteiger partial charge in [-0.1, -0.05) is 42.8 Å². The predicted molar refractivity (Wildman–Crippen MR) is 86.0 cm³/mol. The van der Waals surface area contributed by atoms with Gasteiger partial charge in [-0.15, -0.1) is 0 Å². The van der Waals surface area contributed by atoms with Gasteiger partial charge in [0.1, 0.15) is 0 Å². The quantitative estimate of drug-likeness (QED) is 0.887. The maximum atomic E-state index is 12.6. The smallest absolute Gasteiger partial charge is 0.262 e. The third-order valence-corrected chi connectivity index (χ3v) is 4.93. The second kappa shape index (κ2) is 6.47. The highest BCUT2D eigenvalue weighted by Crippen LogP contribution is 2.26. The number of rotatable bonds is 5. The number of para-hydroxylation sites is 1. The fourth-order valence-corrected chi connectivity index (χ4v) is 3.69. The Morgan fingerprint density at radius 1 is 1.19 bits per heavy atom. The first kappa shape index (κ1) is 15.8. The number of nitrogens with two attached hydrogens (primary N) is 1. The van der Waals surface area contributed by atoms with E-state index in [0.29, 0.717) is 23.7 Å². The minimum absolute atomic E-state index is 0.243. The Labute approximate surface area is 130 Å². The molecule has 0 bridgehead atoms. The molecule has 3 N–H and O–H groups in total. The highest BCUT2D eigenvalue weighted by Gasteiger charge is 2.19. The molecule has 2 rings (SSSR count). The van der Waals surface area contributed by atoms with Crippen LogP contribution >= 0.6 is 11.6 Å². The molecule has 4 nitrogen and oxygen atoms in total. The monoisotopic (exact) mass is 324 g/mol. The molecule has 0 amide bonds. The fourth-order valence-electron chi connectivity index (χ4n) is 2.01. The summed E-state index contributed by atoms with van der Waals surface area (Å²) in [5.41, 5.74) is 7.47. The van der Waals surface area contributed by atoms with Crippen LogP contribution < -0.4 is 10.5 Å². The number of sulfonamides is 1. The Balaban J connectivity index is 2.46. The molecule has 0 aliphatic carbocycles. The second-order valence-electron chi connectivity index (χ2n) is 4.59. The van der Waals surface area contributed by atoms with Crippen LogP contribution in [-0.2, 0) is 23.0 Å². The van der Waals surface area contributed by atoms with Gasteiger partial charge in [-0.2, -0.15) is 0 Å². The van der Waals surface area contributed by atoms with Gasteiger partial charge in [0.15, 0.2) is 0 Å². The lowest BCUT2D eigenvalue weighted by Crippen LogP contribution is -2.16.